The van der Waals surface area contributed by atoms with E-state index in [-0.39, 0.29) is 11.9 Å². The van der Waals surface area contributed by atoms with E-state index in [2.05, 4.69) is 32.3 Å². The van der Waals surface area contributed by atoms with Crippen LogP contribution >= 0.6 is 0 Å². The second kappa shape index (κ2) is 7.18. The quantitative estimate of drug-likeness (QED) is 0.844. The Balaban J connectivity index is 1.28. The number of piperazine rings is 1. The van der Waals surface area contributed by atoms with Crippen LogP contribution in [0.3, 0.4) is 0 Å². The first-order chi connectivity index (χ1) is 13.7. The average molecular weight is 382 g/mol. The number of fused-ring (bicyclic) bond motifs is 1. The number of pyridine rings is 1. The molecule has 5 rings (SSSR count). The van der Waals surface area contributed by atoms with Crippen molar-refractivity contribution in [2.75, 3.05) is 44.2 Å². The number of amides is 3. The molecule has 3 aliphatic rings. The SMILES string of the molecule is O=C1CCN(c2cnn3ccc(CN4CCN(CC5CC5)CC4)cc23)C(=O)N1. The summed E-state index contributed by atoms with van der Waals surface area (Å²) in [5.74, 6) is 0.732. The van der Waals surface area contributed by atoms with Crippen LogP contribution in [0.5, 0.6) is 0 Å². The lowest BCUT2D eigenvalue weighted by atomic mass is 10.2. The normalized spacial score (nSPS) is 22.1. The monoisotopic (exact) mass is 382 g/mol. The van der Waals surface area contributed by atoms with Gasteiger partial charge in [0, 0.05) is 58.4 Å². The molecule has 0 atom stereocenters. The Kier molecular flexibility index (Phi) is 4.52. The molecule has 0 bridgehead atoms. The molecule has 1 aliphatic carbocycles. The number of hydrogen-bond acceptors (Lipinski definition) is 5. The van der Waals surface area contributed by atoms with Gasteiger partial charge >= 0.3 is 6.03 Å². The maximum absolute atomic E-state index is 12.2. The smallest absolute Gasteiger partial charge is 0.301 e. The van der Waals surface area contributed by atoms with Gasteiger partial charge in [0.25, 0.3) is 0 Å². The van der Waals surface area contributed by atoms with Crippen LogP contribution in [0.15, 0.2) is 24.5 Å². The fourth-order valence-electron chi connectivity index (χ4n) is 4.17. The fraction of sp³-hybridized carbons (Fsp3) is 0.550. The van der Waals surface area contributed by atoms with E-state index >= 15 is 0 Å². The van der Waals surface area contributed by atoms with Crippen molar-refractivity contribution in [2.45, 2.75) is 25.8 Å². The van der Waals surface area contributed by atoms with Crippen LogP contribution in [0.25, 0.3) is 5.52 Å². The Hall–Kier alpha value is -2.45. The Morgan fingerprint density at radius 2 is 1.86 bits per heavy atom. The van der Waals surface area contributed by atoms with Crippen LogP contribution in [0.2, 0.25) is 0 Å². The average Bonchev–Trinajstić information content (AvgIpc) is 3.41. The van der Waals surface area contributed by atoms with E-state index in [1.807, 2.05) is 6.20 Å². The number of nitrogens with one attached hydrogen (secondary N) is 1. The number of aromatic nitrogens is 2. The molecule has 8 heteroatoms. The summed E-state index contributed by atoms with van der Waals surface area (Å²) in [5, 5.41) is 6.75. The third kappa shape index (κ3) is 3.62. The van der Waals surface area contributed by atoms with Gasteiger partial charge in [0.15, 0.2) is 0 Å². The van der Waals surface area contributed by atoms with Gasteiger partial charge in [-0.25, -0.2) is 9.31 Å². The zero-order chi connectivity index (χ0) is 19.1. The Morgan fingerprint density at radius 1 is 1.07 bits per heavy atom. The molecule has 1 saturated carbocycles. The molecule has 2 aromatic heterocycles. The zero-order valence-corrected chi connectivity index (χ0v) is 16.0. The topological polar surface area (TPSA) is 73.2 Å². The molecular weight excluding hydrogens is 356 g/mol. The number of nitrogens with zero attached hydrogens (tertiary/aromatic N) is 5. The maximum atomic E-state index is 12.2. The van der Waals surface area contributed by atoms with Crippen molar-refractivity contribution in [3.63, 3.8) is 0 Å². The number of hydrogen-bond donors (Lipinski definition) is 1. The van der Waals surface area contributed by atoms with E-state index in [4.69, 9.17) is 0 Å². The predicted molar refractivity (Wildman–Crippen MR) is 105 cm³/mol. The minimum atomic E-state index is -0.372. The predicted octanol–water partition coefficient (Wildman–Crippen LogP) is 1.31. The summed E-state index contributed by atoms with van der Waals surface area (Å²) >= 11 is 0. The van der Waals surface area contributed by atoms with Crippen LogP contribution in [0.1, 0.15) is 24.8 Å². The van der Waals surface area contributed by atoms with Crippen molar-refractivity contribution < 1.29 is 9.59 Å². The fourth-order valence-corrected chi connectivity index (χ4v) is 4.17. The van der Waals surface area contributed by atoms with E-state index < -0.39 is 0 Å². The molecule has 28 heavy (non-hydrogen) atoms. The van der Waals surface area contributed by atoms with Crippen LogP contribution in [0.4, 0.5) is 10.5 Å². The van der Waals surface area contributed by atoms with Gasteiger partial charge in [0.2, 0.25) is 5.91 Å². The lowest BCUT2D eigenvalue weighted by Crippen LogP contribution is -2.49. The highest BCUT2D eigenvalue weighted by atomic mass is 16.2. The summed E-state index contributed by atoms with van der Waals surface area (Å²) in [5.41, 5.74) is 2.87. The van der Waals surface area contributed by atoms with Crippen molar-refractivity contribution in [3.05, 3.63) is 30.1 Å². The van der Waals surface area contributed by atoms with Gasteiger partial charge < -0.3 is 4.90 Å². The molecule has 2 aliphatic heterocycles. The van der Waals surface area contributed by atoms with Gasteiger partial charge in [-0.2, -0.15) is 5.10 Å². The second-order valence-electron chi connectivity index (χ2n) is 8.17. The van der Waals surface area contributed by atoms with Gasteiger partial charge in [-0.15, -0.1) is 0 Å². The molecule has 8 nitrogen and oxygen atoms in total. The highest BCUT2D eigenvalue weighted by Crippen LogP contribution is 2.30. The van der Waals surface area contributed by atoms with Crippen LogP contribution in [0, 0.1) is 5.92 Å². The summed E-state index contributed by atoms with van der Waals surface area (Å²) in [4.78, 5) is 30.3. The zero-order valence-electron chi connectivity index (χ0n) is 16.0. The molecule has 0 spiro atoms. The van der Waals surface area contributed by atoms with Gasteiger partial charge in [-0.05, 0) is 36.5 Å². The molecule has 2 saturated heterocycles. The van der Waals surface area contributed by atoms with Gasteiger partial charge in [0.1, 0.15) is 0 Å². The molecule has 2 aromatic rings. The van der Waals surface area contributed by atoms with Crippen molar-refractivity contribution in [2.24, 2.45) is 5.92 Å². The largest absolute Gasteiger partial charge is 0.328 e. The van der Waals surface area contributed by atoms with Crippen molar-refractivity contribution in [1.82, 2.24) is 24.7 Å². The highest BCUT2D eigenvalue weighted by Gasteiger charge is 2.28. The van der Waals surface area contributed by atoms with E-state index in [1.165, 1.54) is 24.9 Å². The van der Waals surface area contributed by atoms with Gasteiger partial charge in [-0.1, -0.05) is 0 Å². The van der Waals surface area contributed by atoms with Crippen molar-refractivity contribution >= 4 is 23.1 Å². The van der Waals surface area contributed by atoms with Crippen LogP contribution in [-0.4, -0.2) is 70.6 Å². The molecular formula is C20H26N6O2. The minimum Gasteiger partial charge on any atom is -0.301 e. The number of carbonyl (C=O) groups is 2. The van der Waals surface area contributed by atoms with E-state index in [9.17, 15) is 9.59 Å². The summed E-state index contributed by atoms with van der Waals surface area (Å²) in [6.07, 6.45) is 6.79. The summed E-state index contributed by atoms with van der Waals surface area (Å²) < 4.78 is 1.79. The summed E-state index contributed by atoms with van der Waals surface area (Å²) in [6, 6.07) is 3.84. The number of imide groups is 1. The van der Waals surface area contributed by atoms with E-state index in [0.29, 0.717) is 13.0 Å². The molecule has 148 valence electrons. The Bertz CT molecular complexity index is 897. The van der Waals surface area contributed by atoms with E-state index in [1.54, 1.807) is 15.6 Å². The maximum Gasteiger partial charge on any atom is 0.328 e. The first-order valence-electron chi connectivity index (χ1n) is 10.2. The number of urea groups is 1. The van der Waals surface area contributed by atoms with Crippen molar-refractivity contribution in [1.29, 1.82) is 0 Å². The number of anilines is 1. The summed E-state index contributed by atoms with van der Waals surface area (Å²) in [6.45, 7) is 7.07. The standard InChI is InChI=1S/C20H26N6O2/c27-19-4-5-25(20(28)22-19)18-12-21-26-6-3-16(11-17(18)26)14-24-9-7-23(8-10-24)13-15-1-2-15/h3,6,11-12,15H,1-2,4-5,7-10,13-14H2,(H,22,27,28). The molecule has 3 amide bonds. The number of rotatable bonds is 5. The Labute approximate surface area is 164 Å². The van der Waals surface area contributed by atoms with Crippen LogP contribution < -0.4 is 10.2 Å². The molecule has 1 N–H and O–H groups in total. The molecule has 0 unspecified atom stereocenters. The lowest BCUT2D eigenvalue weighted by Gasteiger charge is -2.34. The van der Waals surface area contributed by atoms with Crippen molar-refractivity contribution in [3.8, 4) is 0 Å². The molecule has 0 aromatic carbocycles. The first-order valence-corrected chi connectivity index (χ1v) is 10.2. The summed E-state index contributed by atoms with van der Waals surface area (Å²) in [7, 11) is 0. The molecule has 4 heterocycles. The van der Waals surface area contributed by atoms with Gasteiger partial charge in [-0.3, -0.25) is 19.9 Å². The third-order valence-electron chi connectivity index (χ3n) is 5.99. The van der Waals surface area contributed by atoms with E-state index in [0.717, 1.165) is 49.8 Å². The highest BCUT2D eigenvalue weighted by molar-refractivity contribution is 6.07. The third-order valence-corrected chi connectivity index (χ3v) is 5.99. The second-order valence-corrected chi connectivity index (χ2v) is 8.17. The number of carbonyl (C=O) groups excluding carboxylic acids is 2. The molecule has 0 radical (unpaired) electrons. The first kappa shape index (κ1) is 17.6. The van der Waals surface area contributed by atoms with Crippen LogP contribution in [-0.2, 0) is 11.3 Å². The molecule has 3 fully saturated rings. The Morgan fingerprint density at radius 3 is 2.61 bits per heavy atom. The lowest BCUT2D eigenvalue weighted by molar-refractivity contribution is -0.120. The van der Waals surface area contributed by atoms with Gasteiger partial charge in [0.05, 0.1) is 17.4 Å². The minimum absolute atomic E-state index is 0.223.